The molecular formula is C10H16N2O. The van der Waals surface area contributed by atoms with Crippen LogP contribution in [0.5, 0.6) is 0 Å². The van der Waals surface area contributed by atoms with Gasteiger partial charge in [0.15, 0.2) is 0 Å². The van der Waals surface area contributed by atoms with Crippen molar-refractivity contribution in [3.8, 4) is 0 Å². The number of aliphatic hydroxyl groups is 1. The van der Waals surface area contributed by atoms with Crippen LogP contribution in [0.15, 0.2) is 18.3 Å². The van der Waals surface area contributed by atoms with Gasteiger partial charge in [0, 0.05) is 24.1 Å². The second-order valence-electron chi connectivity index (χ2n) is 3.13. The highest BCUT2D eigenvalue weighted by atomic mass is 16.3. The number of aliphatic hydroxyl groups excluding tert-OH is 1. The molecule has 1 aromatic rings. The number of anilines is 1. The van der Waals surface area contributed by atoms with Crippen molar-refractivity contribution < 1.29 is 5.11 Å². The van der Waals surface area contributed by atoms with Crippen molar-refractivity contribution in [1.29, 1.82) is 0 Å². The Bertz CT molecular complexity index is 263. The van der Waals surface area contributed by atoms with Crippen molar-refractivity contribution in [3.63, 3.8) is 0 Å². The van der Waals surface area contributed by atoms with Crippen LogP contribution in [0.2, 0.25) is 0 Å². The van der Waals surface area contributed by atoms with Gasteiger partial charge >= 0.3 is 0 Å². The Hall–Kier alpha value is -1.09. The quantitative estimate of drug-likeness (QED) is 0.739. The summed E-state index contributed by atoms with van der Waals surface area (Å²) in [6.45, 7) is 4.51. The zero-order valence-electron chi connectivity index (χ0n) is 8.12. The maximum absolute atomic E-state index is 9.31. The topological polar surface area (TPSA) is 45.1 Å². The van der Waals surface area contributed by atoms with E-state index in [1.54, 1.807) is 6.20 Å². The Morgan fingerprint density at radius 2 is 2.38 bits per heavy atom. The van der Waals surface area contributed by atoms with Crippen LogP contribution < -0.4 is 5.32 Å². The summed E-state index contributed by atoms with van der Waals surface area (Å²) in [6, 6.07) is 3.86. The van der Waals surface area contributed by atoms with Gasteiger partial charge in [-0.25, -0.2) is 0 Å². The number of hydrogen-bond donors (Lipinski definition) is 2. The molecule has 0 aliphatic heterocycles. The first-order valence-corrected chi connectivity index (χ1v) is 4.57. The van der Waals surface area contributed by atoms with Gasteiger partial charge in [0.1, 0.15) is 0 Å². The first-order chi connectivity index (χ1) is 6.22. The minimum atomic E-state index is -0.270. The molecule has 0 radical (unpaired) electrons. The van der Waals surface area contributed by atoms with Crippen LogP contribution in [0.1, 0.15) is 19.0 Å². The predicted molar refractivity (Wildman–Crippen MR) is 53.8 cm³/mol. The molecule has 0 saturated heterocycles. The fourth-order valence-corrected chi connectivity index (χ4v) is 1.04. The molecular weight excluding hydrogens is 164 g/mol. The summed E-state index contributed by atoms with van der Waals surface area (Å²) in [4.78, 5) is 4.08. The molecule has 0 aromatic carbocycles. The van der Waals surface area contributed by atoms with E-state index in [1.807, 2.05) is 26.0 Å². The van der Waals surface area contributed by atoms with Crippen molar-refractivity contribution in [3.05, 3.63) is 24.0 Å². The Kier molecular flexibility index (Phi) is 3.71. The molecule has 3 nitrogen and oxygen atoms in total. The molecule has 0 aliphatic carbocycles. The summed E-state index contributed by atoms with van der Waals surface area (Å²) >= 11 is 0. The van der Waals surface area contributed by atoms with Gasteiger partial charge in [-0.2, -0.15) is 0 Å². The van der Waals surface area contributed by atoms with Crippen molar-refractivity contribution in [2.24, 2.45) is 0 Å². The van der Waals surface area contributed by atoms with Crippen LogP contribution in [0.3, 0.4) is 0 Å². The molecule has 1 heterocycles. The van der Waals surface area contributed by atoms with Gasteiger partial charge in [-0.3, -0.25) is 4.98 Å². The highest BCUT2D eigenvalue weighted by molar-refractivity contribution is 5.42. The zero-order valence-corrected chi connectivity index (χ0v) is 8.12. The molecule has 0 spiro atoms. The van der Waals surface area contributed by atoms with Crippen LogP contribution in [0, 0.1) is 6.92 Å². The van der Waals surface area contributed by atoms with E-state index in [0.717, 1.165) is 17.8 Å². The van der Waals surface area contributed by atoms with E-state index in [4.69, 9.17) is 0 Å². The van der Waals surface area contributed by atoms with Crippen LogP contribution in [-0.2, 0) is 0 Å². The maximum atomic E-state index is 9.31. The summed E-state index contributed by atoms with van der Waals surface area (Å²) in [7, 11) is 0. The van der Waals surface area contributed by atoms with Gasteiger partial charge in [0.05, 0.1) is 6.10 Å². The molecule has 1 rings (SSSR count). The van der Waals surface area contributed by atoms with Gasteiger partial charge in [-0.15, -0.1) is 0 Å². The lowest BCUT2D eigenvalue weighted by Gasteiger charge is -2.10. The molecule has 1 unspecified atom stereocenters. The number of aromatic nitrogens is 1. The molecule has 72 valence electrons. The van der Waals surface area contributed by atoms with Gasteiger partial charge in [-0.05, 0) is 25.5 Å². The van der Waals surface area contributed by atoms with Crippen molar-refractivity contribution in [2.75, 3.05) is 11.9 Å². The largest absolute Gasteiger partial charge is 0.391 e. The minimum absolute atomic E-state index is 0.270. The molecule has 0 fully saturated rings. The van der Waals surface area contributed by atoms with Crippen molar-refractivity contribution in [1.82, 2.24) is 4.98 Å². The fraction of sp³-hybridized carbons (Fsp3) is 0.500. The van der Waals surface area contributed by atoms with Crippen molar-refractivity contribution >= 4 is 5.69 Å². The smallest absolute Gasteiger partial charge is 0.0709 e. The Morgan fingerprint density at radius 1 is 1.62 bits per heavy atom. The lowest BCUT2D eigenvalue weighted by Crippen LogP contribution is -2.18. The number of nitrogens with zero attached hydrogens (tertiary/aromatic N) is 1. The predicted octanol–water partition coefficient (Wildman–Crippen LogP) is 1.57. The average molecular weight is 180 g/mol. The summed E-state index contributed by atoms with van der Waals surface area (Å²) in [6.07, 6.45) is 2.26. The van der Waals surface area contributed by atoms with Crippen LogP contribution in [0.25, 0.3) is 0 Å². The minimum Gasteiger partial charge on any atom is -0.391 e. The number of aryl methyl sites for hydroxylation is 1. The summed E-state index contributed by atoms with van der Waals surface area (Å²) in [5.41, 5.74) is 2.00. The van der Waals surface area contributed by atoms with E-state index in [9.17, 15) is 5.11 Å². The monoisotopic (exact) mass is 180 g/mol. The Morgan fingerprint density at radius 3 is 3.00 bits per heavy atom. The van der Waals surface area contributed by atoms with E-state index < -0.39 is 0 Å². The van der Waals surface area contributed by atoms with Gasteiger partial charge < -0.3 is 10.4 Å². The molecule has 0 aliphatic rings. The fourth-order valence-electron chi connectivity index (χ4n) is 1.04. The van der Waals surface area contributed by atoms with E-state index in [-0.39, 0.29) is 6.10 Å². The molecule has 1 aromatic heterocycles. The van der Waals surface area contributed by atoms with E-state index in [1.165, 1.54) is 0 Å². The van der Waals surface area contributed by atoms with Crippen LogP contribution in [-0.4, -0.2) is 22.7 Å². The zero-order chi connectivity index (χ0) is 9.68. The first-order valence-electron chi connectivity index (χ1n) is 4.57. The van der Waals surface area contributed by atoms with Gasteiger partial charge in [-0.1, -0.05) is 6.92 Å². The molecule has 2 N–H and O–H groups in total. The standard InChI is InChI=1S/C10H16N2O/c1-3-10(13)7-12-9-4-5-11-8(2)6-9/h4-6,10,13H,3,7H2,1-2H3,(H,11,12). The second kappa shape index (κ2) is 4.82. The van der Waals surface area contributed by atoms with Crippen LogP contribution in [0.4, 0.5) is 5.69 Å². The van der Waals surface area contributed by atoms with Crippen molar-refractivity contribution in [2.45, 2.75) is 26.4 Å². The van der Waals surface area contributed by atoms with Crippen LogP contribution >= 0.6 is 0 Å². The first kappa shape index (κ1) is 9.99. The number of hydrogen-bond acceptors (Lipinski definition) is 3. The normalized spacial score (nSPS) is 12.5. The number of pyridine rings is 1. The molecule has 3 heteroatoms. The Balaban J connectivity index is 2.45. The molecule has 1 atom stereocenters. The molecule has 0 amide bonds. The molecule has 0 saturated carbocycles. The SMILES string of the molecule is CCC(O)CNc1ccnc(C)c1. The second-order valence-corrected chi connectivity index (χ2v) is 3.13. The van der Waals surface area contributed by atoms with E-state index in [0.29, 0.717) is 6.54 Å². The summed E-state index contributed by atoms with van der Waals surface area (Å²) in [5.74, 6) is 0. The molecule has 0 bridgehead atoms. The van der Waals surface area contributed by atoms with Gasteiger partial charge in [0.2, 0.25) is 0 Å². The van der Waals surface area contributed by atoms with Gasteiger partial charge in [0.25, 0.3) is 0 Å². The lowest BCUT2D eigenvalue weighted by molar-refractivity contribution is 0.183. The Labute approximate surface area is 78.8 Å². The summed E-state index contributed by atoms with van der Waals surface area (Å²) in [5, 5.41) is 12.5. The number of nitrogens with one attached hydrogen (secondary N) is 1. The molecule has 13 heavy (non-hydrogen) atoms. The number of rotatable bonds is 4. The third-order valence-corrected chi connectivity index (χ3v) is 1.91. The highest BCUT2D eigenvalue weighted by Gasteiger charge is 1.99. The average Bonchev–Trinajstić information content (AvgIpc) is 2.14. The summed E-state index contributed by atoms with van der Waals surface area (Å²) < 4.78 is 0. The maximum Gasteiger partial charge on any atom is 0.0709 e. The van der Waals surface area contributed by atoms with E-state index >= 15 is 0 Å². The third kappa shape index (κ3) is 3.42. The highest BCUT2D eigenvalue weighted by Crippen LogP contribution is 2.06. The lowest BCUT2D eigenvalue weighted by atomic mass is 10.2. The third-order valence-electron chi connectivity index (χ3n) is 1.91. The van der Waals surface area contributed by atoms with E-state index in [2.05, 4.69) is 10.3 Å².